The molecule has 94 valence electrons. The molecule has 0 aliphatic carbocycles. The van der Waals surface area contributed by atoms with E-state index in [0.717, 1.165) is 0 Å². The molecule has 2 aromatic rings. The van der Waals surface area contributed by atoms with Gasteiger partial charge in [0.15, 0.2) is 17.5 Å². The zero-order valence-electron chi connectivity index (χ0n) is 8.80. The molecule has 18 heavy (non-hydrogen) atoms. The number of hydrogen-bond donors (Lipinski definition) is 3. The predicted molar refractivity (Wildman–Crippen MR) is 57.3 cm³/mol. The summed E-state index contributed by atoms with van der Waals surface area (Å²) >= 11 is 0. The predicted octanol–water partition coefficient (Wildman–Crippen LogP) is 1.66. The van der Waals surface area contributed by atoms with Crippen molar-refractivity contribution in [3.05, 3.63) is 41.3 Å². The fourth-order valence-electron chi connectivity index (χ4n) is 1.28. The number of amides is 1. The highest BCUT2D eigenvalue weighted by atomic mass is 19.2. The van der Waals surface area contributed by atoms with Crippen LogP contribution in [0.2, 0.25) is 0 Å². The van der Waals surface area contributed by atoms with Gasteiger partial charge in [-0.1, -0.05) is 0 Å². The van der Waals surface area contributed by atoms with Gasteiger partial charge in [0, 0.05) is 23.9 Å². The van der Waals surface area contributed by atoms with Crippen LogP contribution < -0.4 is 11.1 Å². The molecule has 0 atom stereocenters. The van der Waals surface area contributed by atoms with Gasteiger partial charge in [-0.15, -0.1) is 0 Å². The zero-order chi connectivity index (χ0) is 13.3. The molecule has 1 aromatic carbocycles. The van der Waals surface area contributed by atoms with E-state index in [-0.39, 0.29) is 17.2 Å². The summed E-state index contributed by atoms with van der Waals surface area (Å²) < 4.78 is 38.5. The largest absolute Gasteiger partial charge is 0.382 e. The fourth-order valence-corrected chi connectivity index (χ4v) is 1.28. The van der Waals surface area contributed by atoms with E-state index in [1.165, 1.54) is 6.07 Å². The number of anilines is 2. The lowest BCUT2D eigenvalue weighted by Gasteiger charge is -2.04. The Morgan fingerprint density at radius 1 is 1.22 bits per heavy atom. The molecule has 0 radical (unpaired) electrons. The summed E-state index contributed by atoms with van der Waals surface area (Å²) in [4.78, 5) is 11.6. The van der Waals surface area contributed by atoms with E-state index in [0.29, 0.717) is 12.1 Å². The summed E-state index contributed by atoms with van der Waals surface area (Å²) in [5, 5.41) is 8.00. The summed E-state index contributed by atoms with van der Waals surface area (Å²) in [7, 11) is 0. The van der Waals surface area contributed by atoms with Crippen molar-refractivity contribution in [3.63, 3.8) is 0 Å². The first kappa shape index (κ1) is 12.0. The second-order valence-corrected chi connectivity index (χ2v) is 3.41. The lowest BCUT2D eigenvalue weighted by molar-refractivity contribution is 0.102. The second kappa shape index (κ2) is 4.40. The van der Waals surface area contributed by atoms with Crippen molar-refractivity contribution in [1.82, 2.24) is 10.2 Å². The van der Waals surface area contributed by atoms with Crippen LogP contribution in [0.15, 0.2) is 18.2 Å². The van der Waals surface area contributed by atoms with Gasteiger partial charge in [-0.25, -0.2) is 13.2 Å². The van der Waals surface area contributed by atoms with Crippen molar-refractivity contribution < 1.29 is 18.0 Å². The minimum absolute atomic E-state index is 0.0117. The van der Waals surface area contributed by atoms with E-state index >= 15 is 0 Å². The molecule has 1 amide bonds. The third-order valence-corrected chi connectivity index (χ3v) is 2.08. The number of aromatic nitrogens is 2. The summed E-state index contributed by atoms with van der Waals surface area (Å²) in [5.74, 6) is -5.00. The molecule has 0 aliphatic rings. The van der Waals surface area contributed by atoms with Crippen LogP contribution >= 0.6 is 0 Å². The molecule has 1 aromatic heterocycles. The van der Waals surface area contributed by atoms with Crippen LogP contribution in [0.4, 0.5) is 24.7 Å². The van der Waals surface area contributed by atoms with E-state index in [9.17, 15) is 18.0 Å². The van der Waals surface area contributed by atoms with Gasteiger partial charge in [-0.3, -0.25) is 9.89 Å². The highest BCUT2D eigenvalue weighted by Crippen LogP contribution is 2.18. The van der Waals surface area contributed by atoms with Gasteiger partial charge < -0.3 is 11.1 Å². The topological polar surface area (TPSA) is 83.8 Å². The first-order valence-corrected chi connectivity index (χ1v) is 4.74. The van der Waals surface area contributed by atoms with Gasteiger partial charge in [0.05, 0.1) is 0 Å². The quantitative estimate of drug-likeness (QED) is 0.714. The normalized spacial score (nSPS) is 10.4. The van der Waals surface area contributed by atoms with Gasteiger partial charge in [0.1, 0.15) is 11.5 Å². The summed E-state index contributed by atoms with van der Waals surface area (Å²) in [6, 6.07) is 2.57. The van der Waals surface area contributed by atoms with Gasteiger partial charge in [0.2, 0.25) is 0 Å². The number of nitrogen functional groups attached to an aromatic ring is 1. The summed E-state index contributed by atoms with van der Waals surface area (Å²) in [6.07, 6.45) is 0. The highest BCUT2D eigenvalue weighted by molar-refractivity contribution is 6.03. The molecule has 0 spiro atoms. The number of carbonyl (C=O) groups excluding carboxylic acids is 1. The lowest BCUT2D eigenvalue weighted by Crippen LogP contribution is -2.13. The Morgan fingerprint density at radius 3 is 2.33 bits per heavy atom. The maximum absolute atomic E-state index is 12.9. The molecule has 0 bridgehead atoms. The fraction of sp³-hybridized carbons (Fsp3) is 0. The monoisotopic (exact) mass is 256 g/mol. The van der Waals surface area contributed by atoms with Crippen molar-refractivity contribution in [3.8, 4) is 0 Å². The van der Waals surface area contributed by atoms with Crippen LogP contribution in [0.25, 0.3) is 0 Å². The molecule has 2 rings (SSSR count). The van der Waals surface area contributed by atoms with Gasteiger partial charge in [-0.2, -0.15) is 5.10 Å². The highest BCUT2D eigenvalue weighted by Gasteiger charge is 2.14. The van der Waals surface area contributed by atoms with Gasteiger partial charge in [-0.05, 0) is 0 Å². The van der Waals surface area contributed by atoms with Crippen molar-refractivity contribution >= 4 is 17.4 Å². The van der Waals surface area contributed by atoms with Crippen molar-refractivity contribution in [2.24, 2.45) is 0 Å². The first-order chi connectivity index (χ1) is 8.47. The number of halogens is 3. The van der Waals surface area contributed by atoms with Crippen LogP contribution in [0.1, 0.15) is 10.5 Å². The van der Waals surface area contributed by atoms with Gasteiger partial charge in [0.25, 0.3) is 5.91 Å². The third kappa shape index (κ3) is 2.26. The van der Waals surface area contributed by atoms with Crippen LogP contribution in [0, 0.1) is 17.5 Å². The Morgan fingerprint density at radius 2 is 1.83 bits per heavy atom. The molecular formula is C10H7F3N4O. The molecule has 0 aliphatic heterocycles. The number of aromatic amines is 1. The second-order valence-electron chi connectivity index (χ2n) is 3.41. The molecular weight excluding hydrogens is 249 g/mol. The number of hydrogen-bond acceptors (Lipinski definition) is 3. The number of nitrogens with one attached hydrogen (secondary N) is 2. The molecule has 0 fully saturated rings. The Balaban J connectivity index is 2.22. The minimum atomic E-state index is -1.60. The number of H-pyrrole nitrogens is 1. The Kier molecular flexibility index (Phi) is 2.92. The molecule has 0 saturated heterocycles. The molecule has 0 unspecified atom stereocenters. The molecule has 0 saturated carbocycles. The summed E-state index contributed by atoms with van der Waals surface area (Å²) in [5.41, 5.74) is 5.08. The zero-order valence-corrected chi connectivity index (χ0v) is 8.80. The lowest BCUT2D eigenvalue weighted by atomic mass is 10.2. The Hall–Kier alpha value is -2.51. The number of nitrogens with two attached hydrogens (primary N) is 1. The average molecular weight is 256 g/mol. The van der Waals surface area contributed by atoms with Crippen LogP contribution in [0.5, 0.6) is 0 Å². The van der Waals surface area contributed by atoms with Crippen LogP contribution in [-0.2, 0) is 0 Å². The van der Waals surface area contributed by atoms with E-state index in [2.05, 4.69) is 15.5 Å². The maximum Gasteiger partial charge on any atom is 0.273 e. The molecule has 4 N–H and O–H groups in total. The first-order valence-electron chi connectivity index (χ1n) is 4.74. The van der Waals surface area contributed by atoms with Crippen molar-refractivity contribution in [2.45, 2.75) is 0 Å². The van der Waals surface area contributed by atoms with Crippen LogP contribution in [0.3, 0.4) is 0 Å². The molecule has 5 nitrogen and oxygen atoms in total. The van der Waals surface area contributed by atoms with Crippen LogP contribution in [-0.4, -0.2) is 16.1 Å². The Bertz CT molecular complexity index is 588. The average Bonchev–Trinajstić information content (AvgIpc) is 2.72. The SMILES string of the molecule is Nc1cc(C(=O)Nc2cc(F)c(F)c(F)c2)[nH]n1. The number of rotatable bonds is 2. The maximum atomic E-state index is 12.9. The molecule has 1 heterocycles. The third-order valence-electron chi connectivity index (χ3n) is 2.08. The number of carbonyl (C=O) groups is 1. The molecule has 8 heteroatoms. The summed E-state index contributed by atoms with van der Waals surface area (Å²) in [6.45, 7) is 0. The van der Waals surface area contributed by atoms with Crippen molar-refractivity contribution in [2.75, 3.05) is 11.1 Å². The number of nitrogens with zero attached hydrogens (tertiary/aromatic N) is 1. The van der Waals surface area contributed by atoms with E-state index in [1.54, 1.807) is 0 Å². The minimum Gasteiger partial charge on any atom is -0.382 e. The van der Waals surface area contributed by atoms with Crippen molar-refractivity contribution in [1.29, 1.82) is 0 Å². The van der Waals surface area contributed by atoms with E-state index in [1.807, 2.05) is 0 Å². The van der Waals surface area contributed by atoms with E-state index in [4.69, 9.17) is 5.73 Å². The van der Waals surface area contributed by atoms with E-state index < -0.39 is 23.4 Å². The Labute approximate surface area is 98.8 Å². The standard InChI is InChI=1S/C10H7F3N4O/c11-5-1-4(2-6(12)9(5)13)15-10(18)7-3-8(14)17-16-7/h1-3H,(H,15,18)(H3,14,16,17). The smallest absolute Gasteiger partial charge is 0.273 e. The number of benzene rings is 1. The van der Waals surface area contributed by atoms with Gasteiger partial charge >= 0.3 is 0 Å².